The molecular formula is C41H34O4S2. The molecule has 6 aromatic rings. The van der Waals surface area contributed by atoms with Gasteiger partial charge in [-0.25, -0.2) is 16.8 Å². The molecule has 0 unspecified atom stereocenters. The van der Waals surface area contributed by atoms with Crippen molar-refractivity contribution in [2.45, 2.75) is 28.2 Å². The summed E-state index contributed by atoms with van der Waals surface area (Å²) >= 11 is 0. The van der Waals surface area contributed by atoms with E-state index in [1.807, 2.05) is 117 Å². The van der Waals surface area contributed by atoms with Crippen molar-refractivity contribution in [1.29, 1.82) is 0 Å². The molecule has 0 spiro atoms. The van der Waals surface area contributed by atoms with Crippen LogP contribution in [0, 0.1) is 13.8 Å². The van der Waals surface area contributed by atoms with Crippen LogP contribution in [-0.2, 0) is 19.7 Å². The fourth-order valence-corrected chi connectivity index (χ4v) is 10.4. The van der Waals surface area contributed by atoms with E-state index in [4.69, 9.17) is 0 Å². The summed E-state index contributed by atoms with van der Waals surface area (Å²) in [6.07, 6.45) is 0. The van der Waals surface area contributed by atoms with E-state index in [1.165, 1.54) is 24.3 Å². The first kappa shape index (κ1) is 31.9. The summed E-state index contributed by atoms with van der Waals surface area (Å²) in [5.74, 6) is 0. The van der Waals surface area contributed by atoms with E-state index >= 15 is 0 Å². The van der Waals surface area contributed by atoms with Crippen molar-refractivity contribution in [3.8, 4) is 0 Å². The molecule has 0 heterocycles. The Morgan fingerprint density at radius 3 is 1.15 bits per heavy atom. The predicted molar refractivity (Wildman–Crippen MR) is 190 cm³/mol. The van der Waals surface area contributed by atoms with E-state index in [2.05, 4.69) is 0 Å². The van der Waals surface area contributed by atoms with Crippen molar-refractivity contribution in [2.75, 3.05) is 0 Å². The fourth-order valence-electron chi connectivity index (χ4n) is 5.84. The standard InChI is InChI=1S/C41H34O4S2/c1-30-22-26-35(27-23-30)46(42,43)41(47(44,45)36-28-24-31(2)25-29-36)38-21-13-12-20-37(38)40(34-18-10-5-11-19-34)39(32-14-6-3-7-15-32)33-16-8-4-9-17-33/h3-29,41H,1-2H3. The van der Waals surface area contributed by atoms with Crippen LogP contribution in [0.15, 0.2) is 174 Å². The van der Waals surface area contributed by atoms with E-state index in [-0.39, 0.29) is 15.4 Å². The van der Waals surface area contributed by atoms with Gasteiger partial charge in [-0.05, 0) is 77.1 Å². The molecule has 0 amide bonds. The summed E-state index contributed by atoms with van der Waals surface area (Å²) in [6, 6.07) is 49.1. The number of rotatable bonds is 9. The largest absolute Gasteiger partial charge is 0.222 e. The third-order valence-corrected chi connectivity index (χ3v) is 13.2. The number of hydrogen-bond donors (Lipinski definition) is 0. The van der Waals surface area contributed by atoms with Gasteiger partial charge in [-0.2, -0.15) is 0 Å². The lowest BCUT2D eigenvalue weighted by atomic mass is 9.84. The van der Waals surface area contributed by atoms with Crippen LogP contribution in [0.2, 0.25) is 0 Å². The van der Waals surface area contributed by atoms with Crippen LogP contribution in [0.4, 0.5) is 0 Å². The average Bonchev–Trinajstić information content (AvgIpc) is 3.09. The lowest BCUT2D eigenvalue weighted by Gasteiger charge is -2.25. The van der Waals surface area contributed by atoms with Gasteiger partial charge in [0.05, 0.1) is 9.79 Å². The van der Waals surface area contributed by atoms with Gasteiger partial charge in [-0.15, -0.1) is 0 Å². The Morgan fingerprint density at radius 1 is 0.404 bits per heavy atom. The first-order valence-electron chi connectivity index (χ1n) is 15.3. The average molecular weight is 655 g/mol. The van der Waals surface area contributed by atoms with Crippen LogP contribution in [0.1, 0.15) is 43.5 Å². The van der Waals surface area contributed by atoms with Crippen LogP contribution in [0.25, 0.3) is 11.1 Å². The second-order valence-electron chi connectivity index (χ2n) is 11.5. The summed E-state index contributed by atoms with van der Waals surface area (Å²) < 4.78 is 57.1. The summed E-state index contributed by atoms with van der Waals surface area (Å²) in [6.45, 7) is 3.72. The van der Waals surface area contributed by atoms with Gasteiger partial charge in [-0.3, -0.25) is 0 Å². The minimum Gasteiger partial charge on any atom is -0.222 e. The molecule has 0 aromatic heterocycles. The van der Waals surface area contributed by atoms with E-state index in [1.54, 1.807) is 36.4 Å². The first-order chi connectivity index (χ1) is 22.7. The molecule has 0 aliphatic heterocycles. The zero-order valence-corrected chi connectivity index (χ0v) is 27.7. The molecule has 0 radical (unpaired) electrons. The zero-order valence-electron chi connectivity index (χ0n) is 26.1. The topological polar surface area (TPSA) is 68.3 Å². The second kappa shape index (κ2) is 13.4. The van der Waals surface area contributed by atoms with E-state index in [0.717, 1.165) is 39.0 Å². The SMILES string of the molecule is Cc1ccc(S(=O)(=O)C(c2ccccc2C(=C(c2ccccc2)c2ccccc2)c2ccccc2)S(=O)(=O)c2ccc(C)cc2)cc1. The summed E-state index contributed by atoms with van der Waals surface area (Å²) in [5.41, 5.74) is 6.64. The molecule has 234 valence electrons. The highest BCUT2D eigenvalue weighted by molar-refractivity contribution is 8.08. The molecule has 0 aliphatic rings. The lowest BCUT2D eigenvalue weighted by molar-refractivity contribution is 0.576. The molecule has 0 aliphatic carbocycles. The van der Waals surface area contributed by atoms with Crippen molar-refractivity contribution < 1.29 is 16.8 Å². The van der Waals surface area contributed by atoms with Crippen LogP contribution in [-0.4, -0.2) is 16.8 Å². The summed E-state index contributed by atoms with van der Waals surface area (Å²) in [7, 11) is -8.98. The molecule has 6 heteroatoms. The minimum atomic E-state index is -4.49. The highest BCUT2D eigenvalue weighted by atomic mass is 32.3. The number of hydrogen-bond acceptors (Lipinski definition) is 4. The van der Waals surface area contributed by atoms with Gasteiger partial charge in [0.15, 0.2) is 24.3 Å². The minimum absolute atomic E-state index is 0.0600. The lowest BCUT2D eigenvalue weighted by Crippen LogP contribution is -2.24. The van der Waals surface area contributed by atoms with Gasteiger partial charge in [0.2, 0.25) is 0 Å². The monoisotopic (exact) mass is 654 g/mol. The molecule has 6 aromatic carbocycles. The Bertz CT molecular complexity index is 2130. The van der Waals surface area contributed by atoms with Crippen LogP contribution >= 0.6 is 0 Å². The number of benzene rings is 6. The molecule has 0 N–H and O–H groups in total. The molecule has 47 heavy (non-hydrogen) atoms. The van der Waals surface area contributed by atoms with E-state index < -0.39 is 24.3 Å². The highest BCUT2D eigenvalue weighted by Crippen LogP contribution is 2.45. The normalized spacial score (nSPS) is 11.7. The molecule has 4 nitrogen and oxygen atoms in total. The summed E-state index contributed by atoms with van der Waals surface area (Å²) in [5, 5.41) is 0. The van der Waals surface area contributed by atoms with Crippen molar-refractivity contribution >= 4 is 30.8 Å². The number of sulfone groups is 2. The quantitative estimate of drug-likeness (QED) is 0.146. The van der Waals surface area contributed by atoms with Crippen molar-refractivity contribution in [2.24, 2.45) is 0 Å². The molecule has 6 rings (SSSR count). The van der Waals surface area contributed by atoms with Crippen molar-refractivity contribution in [1.82, 2.24) is 0 Å². The maximum Gasteiger partial charge on any atom is 0.200 e. The zero-order chi connectivity index (χ0) is 33.0. The first-order valence-corrected chi connectivity index (χ1v) is 18.4. The highest BCUT2D eigenvalue weighted by Gasteiger charge is 2.43. The Balaban J connectivity index is 1.74. The Kier molecular flexibility index (Phi) is 9.08. The third-order valence-electron chi connectivity index (χ3n) is 8.18. The Morgan fingerprint density at radius 2 is 0.745 bits per heavy atom. The van der Waals surface area contributed by atoms with E-state index in [9.17, 15) is 16.8 Å². The molecular weight excluding hydrogens is 621 g/mol. The van der Waals surface area contributed by atoms with Crippen LogP contribution < -0.4 is 0 Å². The Labute approximate surface area is 277 Å². The van der Waals surface area contributed by atoms with Gasteiger partial charge >= 0.3 is 0 Å². The van der Waals surface area contributed by atoms with Gasteiger partial charge in [0.25, 0.3) is 0 Å². The molecule has 0 saturated carbocycles. The molecule has 0 bridgehead atoms. The summed E-state index contributed by atoms with van der Waals surface area (Å²) in [4.78, 5) is -0.120. The fraction of sp³-hybridized carbons (Fsp3) is 0.0732. The van der Waals surface area contributed by atoms with Crippen LogP contribution in [0.3, 0.4) is 0 Å². The smallest absolute Gasteiger partial charge is 0.200 e. The molecule has 0 atom stereocenters. The second-order valence-corrected chi connectivity index (χ2v) is 15.8. The van der Waals surface area contributed by atoms with Crippen molar-refractivity contribution in [3.05, 3.63) is 203 Å². The van der Waals surface area contributed by atoms with Crippen molar-refractivity contribution in [3.63, 3.8) is 0 Å². The molecule has 0 fully saturated rings. The van der Waals surface area contributed by atoms with Gasteiger partial charge in [0.1, 0.15) is 0 Å². The number of aryl methyl sites for hydroxylation is 2. The van der Waals surface area contributed by atoms with Gasteiger partial charge in [0, 0.05) is 0 Å². The maximum absolute atomic E-state index is 14.8. The van der Waals surface area contributed by atoms with Gasteiger partial charge in [-0.1, -0.05) is 151 Å². The van der Waals surface area contributed by atoms with E-state index in [0.29, 0.717) is 5.56 Å². The third kappa shape index (κ3) is 6.48. The maximum atomic E-state index is 14.8. The molecule has 0 saturated heterocycles. The van der Waals surface area contributed by atoms with Crippen LogP contribution in [0.5, 0.6) is 0 Å². The predicted octanol–water partition coefficient (Wildman–Crippen LogP) is 9.26. The van der Waals surface area contributed by atoms with Gasteiger partial charge < -0.3 is 0 Å². The Hall–Kier alpha value is -5.04.